The van der Waals surface area contributed by atoms with Crippen molar-refractivity contribution in [1.82, 2.24) is 14.5 Å². The van der Waals surface area contributed by atoms with Gasteiger partial charge in [-0.2, -0.15) is 0 Å². The van der Waals surface area contributed by atoms with E-state index in [1.54, 1.807) is 10.8 Å². The van der Waals surface area contributed by atoms with Gasteiger partial charge in [-0.3, -0.25) is 0 Å². The Morgan fingerprint density at radius 1 is 1.50 bits per heavy atom. The van der Waals surface area contributed by atoms with Gasteiger partial charge >= 0.3 is 0 Å². The summed E-state index contributed by atoms with van der Waals surface area (Å²) < 4.78 is 7.37. The second-order valence-electron chi connectivity index (χ2n) is 4.33. The van der Waals surface area contributed by atoms with Crippen LogP contribution in [0.5, 0.6) is 0 Å². The number of nitrogen functional groups attached to an aromatic ring is 1. The summed E-state index contributed by atoms with van der Waals surface area (Å²) in [6.07, 6.45) is 2.04. The number of nitrogens with zero attached hydrogens (tertiary/aromatic N) is 3. The fourth-order valence-electron chi connectivity index (χ4n) is 2.27. The molecule has 0 aromatic carbocycles. The van der Waals surface area contributed by atoms with Gasteiger partial charge in [-0.25, -0.2) is 9.97 Å². The van der Waals surface area contributed by atoms with E-state index in [1.807, 2.05) is 6.07 Å². The van der Waals surface area contributed by atoms with Crippen LogP contribution in [0.3, 0.4) is 0 Å². The smallest absolute Gasteiger partial charge is 0.147 e. The van der Waals surface area contributed by atoms with E-state index in [-0.39, 0.29) is 12.8 Å². The van der Waals surface area contributed by atoms with Gasteiger partial charge < -0.3 is 25.3 Å². The Bertz CT molecular complexity index is 570. The number of aromatic nitrogens is 3. The second kappa shape index (κ2) is 4.20. The van der Waals surface area contributed by atoms with Gasteiger partial charge in [0.25, 0.3) is 0 Å². The first-order chi connectivity index (χ1) is 8.70. The maximum Gasteiger partial charge on any atom is 0.147 e. The molecule has 0 bridgehead atoms. The van der Waals surface area contributed by atoms with E-state index in [0.29, 0.717) is 17.9 Å². The lowest BCUT2D eigenvalue weighted by molar-refractivity contribution is -0.0430. The van der Waals surface area contributed by atoms with Gasteiger partial charge in [-0.05, 0) is 6.07 Å². The number of aliphatic hydroxyl groups is 2. The lowest BCUT2D eigenvalue weighted by Gasteiger charge is -2.14. The summed E-state index contributed by atoms with van der Waals surface area (Å²) in [5.41, 5.74) is 6.42. The predicted octanol–water partition coefficient (Wildman–Crippen LogP) is -0.346. The maximum atomic E-state index is 9.73. The standard InChI is InChI=1S/C11H14N4O3/c12-10-6-1-2-15(11(6)14-5-13-10)9-3-7(17)8(4-16)18-9/h1-2,5,7-9,16-17H,3-4H2,(H2,12,13,14)/t7-,8-,9-/m1/s1. The monoisotopic (exact) mass is 250 g/mol. The zero-order valence-electron chi connectivity index (χ0n) is 9.60. The minimum absolute atomic E-state index is 0.200. The SMILES string of the molecule is Nc1ncnc2c1ccn2[C@H]1C[C@@H](O)[C@@H](CO)O1. The molecule has 96 valence electrons. The van der Waals surface area contributed by atoms with Gasteiger partial charge in [0.2, 0.25) is 0 Å². The third-order valence-corrected chi connectivity index (χ3v) is 3.23. The molecule has 18 heavy (non-hydrogen) atoms. The molecule has 0 saturated carbocycles. The third kappa shape index (κ3) is 1.64. The molecule has 1 aliphatic rings. The highest BCUT2D eigenvalue weighted by molar-refractivity contribution is 5.86. The van der Waals surface area contributed by atoms with E-state index >= 15 is 0 Å². The molecule has 2 aromatic heterocycles. The molecule has 3 atom stereocenters. The van der Waals surface area contributed by atoms with Crippen LogP contribution in [0.4, 0.5) is 5.82 Å². The lowest BCUT2D eigenvalue weighted by Crippen LogP contribution is -2.24. The Labute approximate surface area is 103 Å². The fourth-order valence-corrected chi connectivity index (χ4v) is 2.27. The molecule has 3 rings (SSSR count). The molecular weight excluding hydrogens is 236 g/mol. The van der Waals surface area contributed by atoms with Gasteiger partial charge in [-0.1, -0.05) is 0 Å². The topological polar surface area (TPSA) is 106 Å². The number of ether oxygens (including phenoxy) is 1. The molecule has 0 aliphatic carbocycles. The number of hydrogen-bond donors (Lipinski definition) is 3. The van der Waals surface area contributed by atoms with Crippen molar-refractivity contribution in [3.05, 3.63) is 18.6 Å². The highest BCUT2D eigenvalue weighted by Gasteiger charge is 2.34. The fraction of sp³-hybridized carbons (Fsp3) is 0.455. The molecule has 2 aromatic rings. The van der Waals surface area contributed by atoms with Crippen LogP contribution in [-0.4, -0.2) is 43.6 Å². The minimum Gasteiger partial charge on any atom is -0.394 e. The molecule has 1 fully saturated rings. The summed E-state index contributed by atoms with van der Waals surface area (Å²) in [6.45, 7) is -0.200. The van der Waals surface area contributed by atoms with Crippen molar-refractivity contribution in [2.24, 2.45) is 0 Å². The number of fused-ring (bicyclic) bond motifs is 1. The summed E-state index contributed by atoms with van der Waals surface area (Å²) in [4.78, 5) is 8.09. The summed E-state index contributed by atoms with van der Waals surface area (Å²) in [6, 6.07) is 1.81. The quantitative estimate of drug-likeness (QED) is 0.673. The molecule has 7 heteroatoms. The van der Waals surface area contributed by atoms with E-state index in [4.69, 9.17) is 15.6 Å². The van der Waals surface area contributed by atoms with Crippen molar-refractivity contribution in [2.45, 2.75) is 24.9 Å². The first kappa shape index (κ1) is 11.4. The van der Waals surface area contributed by atoms with Crippen LogP contribution in [0.15, 0.2) is 18.6 Å². The zero-order chi connectivity index (χ0) is 12.7. The molecule has 1 aliphatic heterocycles. The number of aliphatic hydroxyl groups excluding tert-OH is 2. The van der Waals surface area contributed by atoms with Crippen molar-refractivity contribution in [3.8, 4) is 0 Å². The van der Waals surface area contributed by atoms with E-state index in [2.05, 4.69) is 9.97 Å². The van der Waals surface area contributed by atoms with Crippen LogP contribution >= 0.6 is 0 Å². The summed E-state index contributed by atoms with van der Waals surface area (Å²) in [5.74, 6) is 0.413. The van der Waals surface area contributed by atoms with Gasteiger partial charge in [0.1, 0.15) is 30.1 Å². The highest BCUT2D eigenvalue weighted by Crippen LogP contribution is 2.31. The molecule has 4 N–H and O–H groups in total. The molecule has 0 radical (unpaired) electrons. The molecule has 3 heterocycles. The average Bonchev–Trinajstić information content (AvgIpc) is 2.93. The molecule has 0 amide bonds. The predicted molar refractivity (Wildman–Crippen MR) is 63.6 cm³/mol. The molecule has 1 saturated heterocycles. The number of hydrogen-bond acceptors (Lipinski definition) is 6. The van der Waals surface area contributed by atoms with Gasteiger partial charge in [0.15, 0.2) is 0 Å². The molecule has 0 unspecified atom stereocenters. The molecular formula is C11H14N4O3. The van der Waals surface area contributed by atoms with Crippen molar-refractivity contribution >= 4 is 16.9 Å². The minimum atomic E-state index is -0.670. The van der Waals surface area contributed by atoms with Crippen LogP contribution in [0.25, 0.3) is 11.0 Å². The van der Waals surface area contributed by atoms with Crippen molar-refractivity contribution < 1.29 is 14.9 Å². The van der Waals surface area contributed by atoms with Crippen LogP contribution in [-0.2, 0) is 4.74 Å². The highest BCUT2D eigenvalue weighted by atomic mass is 16.5. The third-order valence-electron chi connectivity index (χ3n) is 3.23. The van der Waals surface area contributed by atoms with Crippen molar-refractivity contribution in [3.63, 3.8) is 0 Å². The summed E-state index contributed by atoms with van der Waals surface area (Å²) in [5, 5.41) is 19.6. The second-order valence-corrected chi connectivity index (χ2v) is 4.33. The Hall–Kier alpha value is -1.70. The van der Waals surface area contributed by atoms with Gasteiger partial charge in [-0.15, -0.1) is 0 Å². The van der Waals surface area contributed by atoms with Crippen LogP contribution in [0, 0.1) is 0 Å². The Kier molecular flexibility index (Phi) is 2.66. The van der Waals surface area contributed by atoms with Crippen molar-refractivity contribution in [1.29, 1.82) is 0 Å². The van der Waals surface area contributed by atoms with Crippen LogP contribution < -0.4 is 5.73 Å². The summed E-state index contributed by atoms with van der Waals surface area (Å²) >= 11 is 0. The maximum absolute atomic E-state index is 9.73. The molecule has 0 spiro atoms. The van der Waals surface area contributed by atoms with Crippen LogP contribution in [0.2, 0.25) is 0 Å². The summed E-state index contributed by atoms with van der Waals surface area (Å²) in [7, 11) is 0. The van der Waals surface area contributed by atoms with E-state index < -0.39 is 12.2 Å². The van der Waals surface area contributed by atoms with Gasteiger partial charge in [0.05, 0.1) is 18.1 Å². The van der Waals surface area contributed by atoms with E-state index in [0.717, 1.165) is 5.39 Å². The largest absolute Gasteiger partial charge is 0.394 e. The number of nitrogens with two attached hydrogens (primary N) is 1. The van der Waals surface area contributed by atoms with E-state index in [1.165, 1.54) is 6.33 Å². The first-order valence-electron chi connectivity index (χ1n) is 5.72. The Morgan fingerprint density at radius 3 is 3.06 bits per heavy atom. The number of anilines is 1. The van der Waals surface area contributed by atoms with Gasteiger partial charge in [0, 0.05) is 12.6 Å². The normalized spacial score (nSPS) is 28.0. The van der Waals surface area contributed by atoms with Crippen molar-refractivity contribution in [2.75, 3.05) is 12.3 Å². The Morgan fingerprint density at radius 2 is 2.33 bits per heavy atom. The average molecular weight is 250 g/mol. The lowest BCUT2D eigenvalue weighted by atomic mass is 10.2. The van der Waals surface area contributed by atoms with E-state index in [9.17, 15) is 5.11 Å². The molecule has 7 nitrogen and oxygen atoms in total. The first-order valence-corrected chi connectivity index (χ1v) is 5.72. The zero-order valence-corrected chi connectivity index (χ0v) is 9.60. The van der Waals surface area contributed by atoms with Crippen LogP contribution in [0.1, 0.15) is 12.6 Å². The number of rotatable bonds is 2. The Balaban J connectivity index is 1.99.